The molecule has 1 spiro atoms. The third-order valence-electron chi connectivity index (χ3n) is 10.3. The van der Waals surface area contributed by atoms with Gasteiger partial charge in [-0.2, -0.15) is 0 Å². The van der Waals surface area contributed by atoms with Crippen molar-refractivity contribution in [2.75, 3.05) is 30.3 Å². The molecule has 8 nitrogen and oxygen atoms in total. The molecule has 1 aromatic heterocycles. The molecule has 3 heterocycles. The van der Waals surface area contributed by atoms with Crippen LogP contribution in [0.3, 0.4) is 0 Å². The van der Waals surface area contributed by atoms with Gasteiger partial charge in [0.25, 0.3) is 0 Å². The Kier molecular flexibility index (Phi) is 12.6. The summed E-state index contributed by atoms with van der Waals surface area (Å²) in [4.78, 5) is 46.0. The fourth-order valence-corrected chi connectivity index (χ4v) is 7.66. The monoisotopic (exact) mass is 629 g/mol. The predicted molar refractivity (Wildman–Crippen MR) is 185 cm³/mol. The molecule has 0 bridgehead atoms. The minimum absolute atomic E-state index is 0.0123. The number of carbonyl (C=O) groups excluding carboxylic acids is 3. The Morgan fingerprint density at radius 1 is 0.935 bits per heavy atom. The van der Waals surface area contributed by atoms with E-state index in [1.165, 1.54) is 70.6 Å². The summed E-state index contributed by atoms with van der Waals surface area (Å²) in [6.07, 6.45) is 21.9. The van der Waals surface area contributed by atoms with Crippen LogP contribution >= 0.6 is 0 Å². The molecule has 1 fully saturated rings. The first-order chi connectivity index (χ1) is 22.5. The lowest BCUT2D eigenvalue weighted by atomic mass is 9.79. The third kappa shape index (κ3) is 8.75. The molecule has 46 heavy (non-hydrogen) atoms. The molecule has 0 radical (unpaired) electrons. The van der Waals surface area contributed by atoms with Crippen LogP contribution in [0.25, 0.3) is 0 Å². The van der Waals surface area contributed by atoms with Gasteiger partial charge >= 0.3 is 0 Å². The van der Waals surface area contributed by atoms with Crippen LogP contribution in [0.2, 0.25) is 0 Å². The molecule has 2 aliphatic heterocycles. The first-order valence-electron chi connectivity index (χ1n) is 18.2. The number of carbonyl (C=O) groups is 3. The van der Waals surface area contributed by atoms with Crippen LogP contribution in [0.1, 0.15) is 126 Å². The number of fused-ring (bicyclic) bond motifs is 3. The normalized spacial score (nSPS) is 19.9. The molecular weight excluding hydrogens is 574 g/mol. The Morgan fingerprint density at radius 3 is 2.33 bits per heavy atom. The number of hydrogen-bond acceptors (Lipinski definition) is 5. The van der Waals surface area contributed by atoms with Crippen molar-refractivity contribution in [3.63, 3.8) is 0 Å². The van der Waals surface area contributed by atoms with Crippen molar-refractivity contribution in [3.8, 4) is 0 Å². The highest BCUT2D eigenvalue weighted by Gasteiger charge is 2.51. The van der Waals surface area contributed by atoms with Gasteiger partial charge in [-0.1, -0.05) is 96.1 Å². The van der Waals surface area contributed by atoms with Crippen LogP contribution in [0, 0.1) is 0 Å². The smallest absolute Gasteiger partial charge is 0.244 e. The summed E-state index contributed by atoms with van der Waals surface area (Å²) in [7, 11) is 0. The van der Waals surface area contributed by atoms with Crippen molar-refractivity contribution in [2.45, 2.75) is 134 Å². The van der Waals surface area contributed by atoms with Crippen LogP contribution in [0.4, 0.5) is 11.5 Å². The summed E-state index contributed by atoms with van der Waals surface area (Å²) in [5.41, 5.74) is 3.19. The largest absolute Gasteiger partial charge is 0.329 e. The van der Waals surface area contributed by atoms with Crippen molar-refractivity contribution in [1.29, 1.82) is 0 Å². The molecule has 0 unspecified atom stereocenters. The lowest BCUT2D eigenvalue weighted by Crippen LogP contribution is -2.51. The van der Waals surface area contributed by atoms with Gasteiger partial charge in [-0.25, -0.2) is 4.98 Å². The van der Waals surface area contributed by atoms with Crippen molar-refractivity contribution in [1.82, 2.24) is 15.2 Å². The summed E-state index contributed by atoms with van der Waals surface area (Å²) >= 11 is 0. The van der Waals surface area contributed by atoms with E-state index in [1.807, 2.05) is 35.2 Å². The molecule has 3 N–H and O–H groups in total. The number of pyridine rings is 1. The van der Waals surface area contributed by atoms with Crippen molar-refractivity contribution >= 4 is 29.2 Å². The van der Waals surface area contributed by atoms with Gasteiger partial charge in [-0.05, 0) is 68.0 Å². The maximum absolute atomic E-state index is 13.4. The first-order valence-corrected chi connectivity index (χ1v) is 18.2. The van der Waals surface area contributed by atoms with Gasteiger partial charge in [0.1, 0.15) is 12.4 Å². The summed E-state index contributed by atoms with van der Waals surface area (Å²) in [6, 6.07) is 9.83. The molecule has 0 saturated carbocycles. The minimum atomic E-state index is -0.640. The molecule has 1 saturated heterocycles. The number of nitrogens with one attached hydrogen (secondary N) is 3. The highest BCUT2D eigenvalue weighted by Crippen LogP contribution is 2.46. The Hall–Kier alpha value is -3.26. The summed E-state index contributed by atoms with van der Waals surface area (Å²) in [5, 5.41) is 9.42. The number of benzene rings is 1. The SMILES string of the molecule is CCCCCCCCCCCCCCCC(=O)N(CC(=O)Nc1ccc2c(c1)C[C@@]1(C2)C(=O)Nc2ncccc21)[C@H]1CCCNC1. The van der Waals surface area contributed by atoms with E-state index in [4.69, 9.17) is 0 Å². The van der Waals surface area contributed by atoms with Crippen molar-refractivity contribution < 1.29 is 14.4 Å². The first kappa shape index (κ1) is 34.1. The number of piperidine rings is 1. The van der Waals surface area contributed by atoms with Gasteiger partial charge < -0.3 is 20.9 Å². The number of aromatic nitrogens is 1. The molecule has 3 amide bonds. The van der Waals surface area contributed by atoms with Crippen LogP contribution in [0.5, 0.6) is 0 Å². The van der Waals surface area contributed by atoms with Gasteiger partial charge in [-0.15, -0.1) is 0 Å². The molecule has 2 aromatic rings. The summed E-state index contributed by atoms with van der Waals surface area (Å²) in [6.45, 7) is 4.02. The Balaban J connectivity index is 1.07. The lowest BCUT2D eigenvalue weighted by molar-refractivity contribution is -0.137. The van der Waals surface area contributed by atoms with Gasteiger partial charge in [0.05, 0.1) is 5.41 Å². The molecule has 8 heteroatoms. The van der Waals surface area contributed by atoms with E-state index >= 15 is 0 Å². The van der Waals surface area contributed by atoms with Crippen LogP contribution in [-0.2, 0) is 32.6 Å². The van der Waals surface area contributed by atoms with Crippen LogP contribution < -0.4 is 16.0 Å². The van der Waals surface area contributed by atoms with Gasteiger partial charge in [0, 0.05) is 36.5 Å². The number of amides is 3. The molecule has 5 rings (SSSR count). The number of hydrogen-bond donors (Lipinski definition) is 3. The average Bonchev–Trinajstić information content (AvgIpc) is 3.58. The molecule has 250 valence electrons. The maximum atomic E-state index is 13.4. The predicted octanol–water partition coefficient (Wildman–Crippen LogP) is 7.07. The summed E-state index contributed by atoms with van der Waals surface area (Å²) in [5.74, 6) is 0.545. The van der Waals surface area contributed by atoms with E-state index in [0.717, 1.165) is 55.5 Å². The maximum Gasteiger partial charge on any atom is 0.244 e. The number of rotatable bonds is 18. The standard InChI is InChI=1S/C38H55N5O3/c1-2-3-4-5-6-7-8-9-10-11-12-13-14-19-35(45)43(32-17-15-22-39-27-32)28-34(44)41-31-21-20-29-25-38(26-30(29)24-31)33-18-16-23-40-36(33)42-37(38)46/h16,18,20-21,23-24,32,39H,2-15,17,19,22,25-28H2,1H3,(H,41,44)(H,40,42,46)/t32-,38+/m0/s1. The van der Waals surface area contributed by atoms with Gasteiger partial charge in [0.15, 0.2) is 0 Å². The number of nitrogens with zero attached hydrogens (tertiary/aromatic N) is 2. The van der Waals surface area contributed by atoms with E-state index in [-0.39, 0.29) is 30.3 Å². The quantitative estimate of drug-likeness (QED) is 0.153. The van der Waals surface area contributed by atoms with Gasteiger partial charge in [-0.3, -0.25) is 14.4 Å². The van der Waals surface area contributed by atoms with E-state index < -0.39 is 5.41 Å². The van der Waals surface area contributed by atoms with Crippen LogP contribution in [-0.4, -0.2) is 53.3 Å². The highest BCUT2D eigenvalue weighted by atomic mass is 16.2. The lowest BCUT2D eigenvalue weighted by Gasteiger charge is -2.34. The zero-order chi connectivity index (χ0) is 32.2. The fraction of sp³-hybridized carbons (Fsp3) is 0.632. The van der Waals surface area contributed by atoms with E-state index in [9.17, 15) is 14.4 Å². The Labute approximate surface area is 275 Å². The topological polar surface area (TPSA) is 103 Å². The molecule has 1 aromatic carbocycles. The molecular formula is C38H55N5O3. The second kappa shape index (κ2) is 17.1. The fourth-order valence-electron chi connectivity index (χ4n) is 7.66. The Morgan fingerprint density at radius 2 is 1.63 bits per heavy atom. The van der Waals surface area contributed by atoms with Crippen molar-refractivity contribution in [3.05, 3.63) is 53.2 Å². The molecule has 2 atom stereocenters. The molecule has 1 aliphatic carbocycles. The van der Waals surface area contributed by atoms with E-state index in [0.29, 0.717) is 30.8 Å². The van der Waals surface area contributed by atoms with Crippen molar-refractivity contribution in [2.24, 2.45) is 0 Å². The van der Waals surface area contributed by atoms with E-state index in [1.54, 1.807) is 6.20 Å². The number of unbranched alkanes of at least 4 members (excludes halogenated alkanes) is 12. The zero-order valence-corrected chi connectivity index (χ0v) is 28.0. The third-order valence-corrected chi connectivity index (χ3v) is 10.3. The average molecular weight is 630 g/mol. The Bertz CT molecular complexity index is 1320. The number of anilines is 2. The van der Waals surface area contributed by atoms with Gasteiger partial charge in [0.2, 0.25) is 17.7 Å². The second-order valence-corrected chi connectivity index (χ2v) is 13.8. The summed E-state index contributed by atoms with van der Waals surface area (Å²) < 4.78 is 0. The minimum Gasteiger partial charge on any atom is -0.329 e. The highest BCUT2D eigenvalue weighted by molar-refractivity contribution is 6.06. The zero-order valence-electron chi connectivity index (χ0n) is 28.0. The van der Waals surface area contributed by atoms with E-state index in [2.05, 4.69) is 27.9 Å². The second-order valence-electron chi connectivity index (χ2n) is 13.8. The van der Waals surface area contributed by atoms with Crippen LogP contribution in [0.15, 0.2) is 36.5 Å². The molecule has 3 aliphatic rings.